The van der Waals surface area contributed by atoms with Crippen molar-refractivity contribution in [2.24, 2.45) is 0 Å². The first-order valence-electron chi connectivity index (χ1n) is 28.5. The van der Waals surface area contributed by atoms with Crippen molar-refractivity contribution in [3.05, 3.63) is 220 Å². The van der Waals surface area contributed by atoms with Gasteiger partial charge in [0.15, 0.2) is 40.7 Å². The second-order valence-electron chi connectivity index (χ2n) is 22.2. The van der Waals surface area contributed by atoms with Gasteiger partial charge in [-0.2, -0.15) is 0 Å². The number of aromatic amines is 1. The number of ether oxygens (including phenoxy) is 2. The van der Waals surface area contributed by atoms with Crippen LogP contribution >= 0.6 is 0 Å². The number of phenolic OH excluding ortho intramolecular Hbond substituents is 4. The molecule has 0 radical (unpaired) electrons. The molecule has 22 nitrogen and oxygen atoms in total. The van der Waals surface area contributed by atoms with Crippen molar-refractivity contribution in [3.8, 4) is 57.1 Å². The summed E-state index contributed by atoms with van der Waals surface area (Å²) in [5.74, 6) is -13.7. The predicted molar refractivity (Wildman–Crippen MR) is 322 cm³/mol. The van der Waals surface area contributed by atoms with E-state index in [0.29, 0.717) is 39.7 Å². The largest absolute Gasteiger partial charge is 0.508 e. The van der Waals surface area contributed by atoms with E-state index in [9.17, 15) is 48.7 Å². The van der Waals surface area contributed by atoms with Crippen LogP contribution in [0.15, 0.2) is 164 Å². The van der Waals surface area contributed by atoms with Crippen LogP contribution in [0.5, 0.6) is 46.0 Å². The van der Waals surface area contributed by atoms with Crippen LogP contribution < -0.4 is 41.4 Å². The van der Waals surface area contributed by atoms with Crippen molar-refractivity contribution in [2.45, 2.75) is 55.1 Å². The first-order valence-corrected chi connectivity index (χ1v) is 28.5. The Bertz CT molecular complexity index is 4460. The molecule has 7 heterocycles. The minimum atomic E-state index is -1.95. The first kappa shape index (κ1) is 60.3. The zero-order chi connectivity index (χ0) is 64.8. The summed E-state index contributed by atoms with van der Waals surface area (Å²) in [7, 11) is 1.28. The van der Waals surface area contributed by atoms with E-state index in [1.54, 1.807) is 36.5 Å². The number of nitrogens with zero attached hydrogens (tertiary/aromatic N) is 1. The van der Waals surface area contributed by atoms with Crippen molar-refractivity contribution in [1.82, 2.24) is 36.5 Å². The summed E-state index contributed by atoms with van der Waals surface area (Å²) in [4.78, 5) is 109. The van der Waals surface area contributed by atoms with Gasteiger partial charge in [0.25, 0.3) is 0 Å². The Kier molecular flexibility index (Phi) is 16.1. The number of aliphatic carboxylic acids is 1. The van der Waals surface area contributed by atoms with Gasteiger partial charge in [-0.25, -0.2) is 18.0 Å². The average molecular weight is 1250 g/mol. The third kappa shape index (κ3) is 12.2. The van der Waals surface area contributed by atoms with Gasteiger partial charge in [-0.3, -0.25) is 28.8 Å². The topological polar surface area (TPSA) is 330 Å². The zero-order valence-corrected chi connectivity index (χ0v) is 48.0. The number of carboxylic acids is 1. The van der Waals surface area contributed by atoms with Crippen LogP contribution in [0.3, 0.4) is 0 Å². The summed E-state index contributed by atoms with van der Waals surface area (Å²) in [6.45, 7) is 0. The normalized spacial score (nSPS) is 19.4. The lowest BCUT2D eigenvalue weighted by atomic mass is 9.94. The van der Waals surface area contributed by atoms with Crippen LogP contribution in [-0.2, 0) is 46.4 Å². The molecule has 6 amide bonds. The highest BCUT2D eigenvalue weighted by Crippen LogP contribution is 2.44. The van der Waals surface area contributed by atoms with E-state index in [1.807, 2.05) is 0 Å². The number of aromatic hydroxyl groups is 4. The number of halogens is 3. The van der Waals surface area contributed by atoms with E-state index in [-0.39, 0.29) is 86.5 Å². The van der Waals surface area contributed by atoms with E-state index in [2.05, 4.69) is 36.9 Å². The van der Waals surface area contributed by atoms with Crippen molar-refractivity contribution >= 4 is 58.0 Å². The fraction of sp³-hybridized carbons (Fsp3) is 0.149. The molecule has 466 valence electrons. The molecular weight excluding hydrogens is 1200 g/mol. The maximum absolute atomic E-state index is 15.8. The second-order valence-corrected chi connectivity index (χ2v) is 22.2. The number of fused-ring (bicyclic) bond motifs is 14. The van der Waals surface area contributed by atoms with Crippen molar-refractivity contribution in [2.75, 3.05) is 12.4 Å². The highest BCUT2D eigenvalue weighted by molar-refractivity contribution is 6.00. The fourth-order valence-electron chi connectivity index (χ4n) is 11.3. The Morgan fingerprint density at radius 3 is 1.90 bits per heavy atom. The van der Waals surface area contributed by atoms with E-state index in [1.165, 1.54) is 122 Å². The molecule has 25 heteroatoms. The smallest absolute Gasteiger partial charge is 0.330 e. The predicted octanol–water partition coefficient (Wildman–Crippen LogP) is 8.06. The number of rotatable bonds is 7. The van der Waals surface area contributed by atoms with Crippen LogP contribution in [0, 0.1) is 17.5 Å². The molecule has 15 bridgehead atoms. The van der Waals surface area contributed by atoms with Gasteiger partial charge in [0.1, 0.15) is 65.1 Å². The number of hydrogen-bond donors (Lipinski definition) is 12. The molecule has 8 aromatic carbocycles. The molecule has 6 aliphatic heterocycles. The Labute approximate surface area is 519 Å². The van der Waals surface area contributed by atoms with Crippen LogP contribution in [-0.4, -0.2) is 96.0 Å². The van der Waals surface area contributed by atoms with Gasteiger partial charge in [-0.15, -0.1) is 0 Å². The molecule has 1 aromatic heterocycles. The average Bonchev–Trinajstić information content (AvgIpc) is 1.28. The lowest BCUT2D eigenvalue weighted by Crippen LogP contribution is -2.55. The van der Waals surface area contributed by atoms with Crippen LogP contribution in [0.4, 0.5) is 18.9 Å². The number of aromatic nitrogens is 1. The Morgan fingerprint density at radius 1 is 0.609 bits per heavy atom. The molecule has 0 fully saturated rings. The molecule has 7 atom stereocenters. The summed E-state index contributed by atoms with van der Waals surface area (Å²) < 4.78 is 57.1. The highest BCUT2D eigenvalue weighted by atomic mass is 19.2. The quantitative estimate of drug-likeness (QED) is 0.0671. The number of amides is 6. The molecule has 92 heavy (non-hydrogen) atoms. The monoisotopic (exact) mass is 1250 g/mol. The standard InChI is InChI=1S/C67H53F3N8O14/c1-78-50-22-31-2-16-42(17-3-31)92-53-27-37-23-45(60(53)82)35-10-20-44-38(30-71-47(44)24-35)25-49(73-63(85)55(32-4-12-40(79)13-5-32)72-48-29-39(68)28-46(69)54(48)70)61(83)74-56(33-6-14-41(80)15-7-33)64(86)75-57(37)65(87)76-58(66(78)88)34-8-18-43(19-9-34)91-52-26-36(11-21-51(52)81)59(67(89)90)77-62(50)84/h2-21,23-24,26-30,49-50,55-59,71-72,79-82H,22,25H2,1H3,(H,73,85)(H,74,83)(H,75,86)(H,76,87)(H,77,84)(H,89,90)/t49-,50+,55?,56-,57-,58-,59-/m1/s1. The van der Waals surface area contributed by atoms with E-state index in [0.717, 1.165) is 4.90 Å². The van der Waals surface area contributed by atoms with Gasteiger partial charge in [-0.05, 0) is 123 Å². The van der Waals surface area contributed by atoms with E-state index >= 15 is 23.6 Å². The molecule has 0 spiro atoms. The van der Waals surface area contributed by atoms with Crippen LogP contribution in [0.2, 0.25) is 0 Å². The van der Waals surface area contributed by atoms with Crippen molar-refractivity contribution in [1.29, 1.82) is 0 Å². The van der Waals surface area contributed by atoms with Gasteiger partial charge in [0.05, 0.1) is 5.69 Å². The number of carboxylic acid groups (broad SMARTS) is 1. The van der Waals surface area contributed by atoms with Crippen LogP contribution in [0.25, 0.3) is 22.0 Å². The number of likely N-dealkylation sites (N-methyl/N-ethyl adjacent to an activating group) is 1. The summed E-state index contributed by atoms with van der Waals surface area (Å²) >= 11 is 0. The Morgan fingerprint density at radius 2 is 1.21 bits per heavy atom. The first-order chi connectivity index (χ1) is 44.1. The van der Waals surface area contributed by atoms with Gasteiger partial charge in [0.2, 0.25) is 35.4 Å². The molecule has 1 unspecified atom stereocenters. The maximum atomic E-state index is 15.8. The molecule has 12 N–H and O–H groups in total. The number of nitrogens with one attached hydrogen (secondary N) is 7. The molecule has 0 aliphatic carbocycles. The Hall–Kier alpha value is -12.0. The lowest BCUT2D eigenvalue weighted by molar-refractivity contribution is -0.145. The van der Waals surface area contributed by atoms with Crippen molar-refractivity contribution in [3.63, 3.8) is 0 Å². The minimum Gasteiger partial charge on any atom is -0.508 e. The molecule has 6 aliphatic rings. The maximum Gasteiger partial charge on any atom is 0.330 e. The van der Waals surface area contributed by atoms with Gasteiger partial charge in [-0.1, -0.05) is 66.7 Å². The SMILES string of the molecule is CN1C(=O)[C@@H]2NC(=O)[C@@H]3NC(=O)[C@@H](c4ccc(O)cc4)NC(=O)[C@H](NC(=O)C(Nc4cc(F)cc(F)c4F)c4ccc(O)cc4)Cc4c[nH]c5cc(ccc45)-c4cc3cc(c4O)Oc3ccc(cc3)C[C@H]1C(=O)N[C@@H](C(=O)O)c1ccc(O)c(c1)Oc1ccc2cc1. The second kappa shape index (κ2) is 24.5. The number of carbonyl (C=O) groups excluding carboxylic acids is 6. The summed E-state index contributed by atoms with van der Waals surface area (Å²) in [5.41, 5.74) is 0.852. The number of phenols is 4. The number of anilines is 1. The van der Waals surface area contributed by atoms with Gasteiger partial charge in [0, 0.05) is 54.7 Å². The zero-order valence-electron chi connectivity index (χ0n) is 48.0. The highest BCUT2D eigenvalue weighted by Gasteiger charge is 2.40. The Balaban J connectivity index is 1.01. The number of carbonyl (C=O) groups is 7. The van der Waals surface area contributed by atoms with Gasteiger partial charge < -0.3 is 76.8 Å². The molecule has 9 aromatic rings. The lowest BCUT2D eigenvalue weighted by Gasteiger charge is -2.33. The third-order valence-corrected chi connectivity index (χ3v) is 16.2. The molecule has 0 saturated heterocycles. The molecular formula is C67H53F3N8O14. The van der Waals surface area contributed by atoms with E-state index in [4.69, 9.17) is 9.47 Å². The van der Waals surface area contributed by atoms with Crippen LogP contribution in [0.1, 0.15) is 69.2 Å². The number of H-pyrrole nitrogens is 1. The van der Waals surface area contributed by atoms with E-state index < -0.39 is 113 Å². The summed E-state index contributed by atoms with van der Waals surface area (Å²) in [5, 5.41) is 70.8. The third-order valence-electron chi connectivity index (χ3n) is 16.2. The number of benzene rings is 8. The number of hydrogen-bond acceptors (Lipinski definition) is 14. The molecule has 0 saturated carbocycles. The van der Waals surface area contributed by atoms with Crippen molar-refractivity contribution < 1.29 is 81.7 Å². The molecule has 15 rings (SSSR count). The summed E-state index contributed by atoms with van der Waals surface area (Å²) in [6.07, 6.45) is 0.935. The van der Waals surface area contributed by atoms with Gasteiger partial charge >= 0.3 is 5.97 Å². The summed E-state index contributed by atoms with van der Waals surface area (Å²) in [6, 6.07) is 21.7. The minimum absolute atomic E-state index is 0.00589. The fourth-order valence-corrected chi connectivity index (χ4v) is 11.3.